The minimum absolute atomic E-state index is 0.678. The monoisotopic (exact) mass is 258 g/mol. The van der Waals surface area contributed by atoms with Crippen molar-refractivity contribution in [3.05, 3.63) is 42.5 Å². The van der Waals surface area contributed by atoms with Gasteiger partial charge in [-0.1, -0.05) is 18.2 Å². The molecule has 1 heterocycles. The minimum atomic E-state index is -1.14. The zero-order valence-corrected chi connectivity index (χ0v) is 10.9. The van der Waals surface area contributed by atoms with Crippen LogP contribution in [0.4, 0.5) is 17.1 Å². The number of anilines is 3. The van der Waals surface area contributed by atoms with Crippen LogP contribution in [0.2, 0.25) is 0 Å². The third kappa shape index (κ3) is 1.50. The normalized spacial score (nSPS) is 17.2. The fourth-order valence-corrected chi connectivity index (χ4v) is 3.80. The molecule has 3 nitrogen and oxygen atoms in total. The van der Waals surface area contributed by atoms with Gasteiger partial charge in [0.05, 0.1) is 11.4 Å². The van der Waals surface area contributed by atoms with E-state index in [0.717, 1.165) is 27.7 Å². The molecule has 0 radical (unpaired) electrons. The van der Waals surface area contributed by atoms with Crippen molar-refractivity contribution in [2.75, 3.05) is 17.2 Å². The molecule has 0 aromatic heterocycles. The standard InChI is InChI=1S/C14H14N2OS/c1-2-16-11-7-3-4-8-12(11)18(17)13-9-5-6-10(15)14(13)16/h3-9H,2,15H2,1H3. The third-order valence-electron chi connectivity index (χ3n) is 3.17. The summed E-state index contributed by atoms with van der Waals surface area (Å²) in [7, 11) is 0. The Labute approximate surface area is 109 Å². The van der Waals surface area contributed by atoms with Crippen molar-refractivity contribution in [1.82, 2.24) is 0 Å². The van der Waals surface area contributed by atoms with Crippen molar-refractivity contribution in [2.24, 2.45) is 0 Å². The van der Waals surface area contributed by atoms with Crippen LogP contribution in [0.5, 0.6) is 0 Å². The number of nitrogens with zero attached hydrogens (tertiary/aromatic N) is 1. The van der Waals surface area contributed by atoms with E-state index in [1.807, 2.05) is 42.5 Å². The smallest absolute Gasteiger partial charge is 0.184 e. The zero-order chi connectivity index (χ0) is 12.7. The number of hydrogen-bond acceptors (Lipinski definition) is 3. The molecule has 0 saturated heterocycles. The Hall–Kier alpha value is -1.65. The first-order valence-electron chi connectivity index (χ1n) is 5.91. The summed E-state index contributed by atoms with van der Waals surface area (Å²) in [5.74, 6) is 0. The van der Waals surface area contributed by atoms with E-state index in [4.69, 9.17) is 5.73 Å². The Morgan fingerprint density at radius 1 is 1.11 bits per heavy atom. The van der Waals surface area contributed by atoms with Crippen LogP contribution in [-0.4, -0.2) is 11.1 Å². The molecule has 0 saturated carbocycles. The minimum Gasteiger partial charge on any atom is -0.606 e. The Morgan fingerprint density at radius 2 is 1.83 bits per heavy atom. The van der Waals surface area contributed by atoms with Crippen molar-refractivity contribution in [3.8, 4) is 0 Å². The zero-order valence-electron chi connectivity index (χ0n) is 10.1. The van der Waals surface area contributed by atoms with Crippen molar-refractivity contribution >= 4 is 28.2 Å². The van der Waals surface area contributed by atoms with Gasteiger partial charge in [-0.2, -0.15) is 0 Å². The van der Waals surface area contributed by atoms with Crippen molar-refractivity contribution in [1.29, 1.82) is 0 Å². The van der Waals surface area contributed by atoms with Gasteiger partial charge in [0, 0.05) is 17.7 Å². The summed E-state index contributed by atoms with van der Waals surface area (Å²) in [5.41, 5.74) is 8.60. The molecule has 2 aromatic carbocycles. The fraction of sp³-hybridized carbons (Fsp3) is 0.143. The van der Waals surface area contributed by atoms with Gasteiger partial charge in [-0.15, -0.1) is 0 Å². The maximum atomic E-state index is 12.6. The molecule has 0 bridgehead atoms. The predicted molar refractivity (Wildman–Crippen MR) is 74.7 cm³/mol. The number of fused-ring (bicyclic) bond motifs is 2. The molecule has 0 aliphatic carbocycles. The van der Waals surface area contributed by atoms with Gasteiger partial charge in [0.15, 0.2) is 9.79 Å². The average Bonchev–Trinajstić information content (AvgIpc) is 2.41. The third-order valence-corrected chi connectivity index (χ3v) is 4.65. The van der Waals surface area contributed by atoms with Crippen molar-refractivity contribution in [2.45, 2.75) is 16.7 Å². The van der Waals surface area contributed by atoms with Gasteiger partial charge in [-0.3, -0.25) is 0 Å². The molecule has 2 aromatic rings. The first-order chi connectivity index (χ1) is 8.74. The van der Waals surface area contributed by atoms with Gasteiger partial charge in [-0.25, -0.2) is 0 Å². The van der Waals surface area contributed by atoms with E-state index in [9.17, 15) is 4.55 Å². The average molecular weight is 258 g/mol. The van der Waals surface area contributed by atoms with Gasteiger partial charge < -0.3 is 15.2 Å². The Balaban J connectivity index is 2.29. The number of nitrogen functional groups attached to an aromatic ring is 1. The molecule has 2 N–H and O–H groups in total. The van der Waals surface area contributed by atoms with E-state index in [1.54, 1.807) is 0 Å². The van der Waals surface area contributed by atoms with E-state index < -0.39 is 11.2 Å². The van der Waals surface area contributed by atoms with E-state index in [1.165, 1.54) is 0 Å². The molecule has 92 valence electrons. The highest BCUT2D eigenvalue weighted by Gasteiger charge is 2.33. The molecule has 0 spiro atoms. The van der Waals surface area contributed by atoms with Crippen LogP contribution in [-0.2, 0) is 11.2 Å². The first-order valence-corrected chi connectivity index (χ1v) is 7.06. The summed E-state index contributed by atoms with van der Waals surface area (Å²) in [6, 6.07) is 13.4. The molecule has 0 amide bonds. The lowest BCUT2D eigenvalue weighted by atomic mass is 10.2. The summed E-state index contributed by atoms with van der Waals surface area (Å²) < 4.78 is 12.6. The highest BCUT2D eigenvalue weighted by Crippen LogP contribution is 2.46. The van der Waals surface area contributed by atoms with Crippen LogP contribution >= 0.6 is 0 Å². The molecule has 1 atom stereocenters. The van der Waals surface area contributed by atoms with E-state index >= 15 is 0 Å². The Morgan fingerprint density at radius 3 is 2.61 bits per heavy atom. The number of benzene rings is 2. The van der Waals surface area contributed by atoms with Crippen LogP contribution in [0.25, 0.3) is 0 Å². The molecule has 1 aliphatic heterocycles. The summed E-state index contributed by atoms with van der Waals surface area (Å²) in [5, 5.41) is 0. The summed E-state index contributed by atoms with van der Waals surface area (Å²) in [6.45, 7) is 2.87. The molecular formula is C14H14N2OS. The molecule has 3 rings (SSSR count). The SMILES string of the molecule is CCN1c2ccccc2[S+]([O-])c2cccc(N)c21. The number of hydrogen-bond donors (Lipinski definition) is 1. The quantitative estimate of drug-likeness (QED) is 0.632. The lowest BCUT2D eigenvalue weighted by Gasteiger charge is -2.32. The van der Waals surface area contributed by atoms with Gasteiger partial charge in [0.2, 0.25) is 0 Å². The van der Waals surface area contributed by atoms with Crippen LogP contribution < -0.4 is 10.6 Å². The summed E-state index contributed by atoms with van der Waals surface area (Å²) in [4.78, 5) is 3.79. The highest BCUT2D eigenvalue weighted by atomic mass is 32.2. The van der Waals surface area contributed by atoms with Crippen molar-refractivity contribution < 1.29 is 4.55 Å². The topological polar surface area (TPSA) is 52.3 Å². The molecule has 4 heteroatoms. The van der Waals surface area contributed by atoms with Crippen LogP contribution in [0, 0.1) is 0 Å². The fourth-order valence-electron chi connectivity index (χ4n) is 2.38. The van der Waals surface area contributed by atoms with Crippen molar-refractivity contribution in [3.63, 3.8) is 0 Å². The second-order valence-corrected chi connectivity index (χ2v) is 5.59. The maximum absolute atomic E-state index is 12.6. The lowest BCUT2D eigenvalue weighted by molar-refractivity contribution is 0.593. The lowest BCUT2D eigenvalue weighted by Crippen LogP contribution is -2.26. The molecule has 18 heavy (non-hydrogen) atoms. The van der Waals surface area contributed by atoms with E-state index in [2.05, 4.69) is 11.8 Å². The summed E-state index contributed by atoms with van der Waals surface area (Å²) >= 11 is -1.14. The molecule has 1 aliphatic rings. The Kier molecular flexibility index (Phi) is 2.69. The highest BCUT2D eigenvalue weighted by molar-refractivity contribution is 7.92. The van der Waals surface area contributed by atoms with Gasteiger partial charge in [-0.05, 0) is 31.2 Å². The number of rotatable bonds is 1. The second kappa shape index (κ2) is 4.23. The van der Waals surface area contributed by atoms with Crippen LogP contribution in [0.1, 0.15) is 6.92 Å². The first kappa shape index (κ1) is 11.4. The van der Waals surface area contributed by atoms with E-state index in [0.29, 0.717) is 5.69 Å². The van der Waals surface area contributed by atoms with Gasteiger partial charge in [0.1, 0.15) is 5.69 Å². The molecular weight excluding hydrogens is 244 g/mol. The predicted octanol–water partition coefficient (Wildman–Crippen LogP) is 2.91. The number of nitrogens with two attached hydrogens (primary N) is 1. The van der Waals surface area contributed by atoms with E-state index in [-0.39, 0.29) is 0 Å². The summed E-state index contributed by atoms with van der Waals surface area (Å²) in [6.07, 6.45) is 0. The van der Waals surface area contributed by atoms with Crippen LogP contribution in [0.15, 0.2) is 52.3 Å². The van der Waals surface area contributed by atoms with Gasteiger partial charge in [0.25, 0.3) is 0 Å². The molecule has 0 fully saturated rings. The van der Waals surface area contributed by atoms with Gasteiger partial charge >= 0.3 is 0 Å². The number of para-hydroxylation sites is 2. The molecule has 1 unspecified atom stereocenters. The van der Waals surface area contributed by atoms with Crippen LogP contribution in [0.3, 0.4) is 0 Å². The largest absolute Gasteiger partial charge is 0.606 e. The maximum Gasteiger partial charge on any atom is 0.184 e. The second-order valence-electron chi connectivity index (χ2n) is 4.17. The Bertz CT molecular complexity index is 600.